The number of nitrogens with one attached hydrogen (secondary N) is 1. The molecule has 3 rings (SSSR count). The highest BCUT2D eigenvalue weighted by Crippen LogP contribution is 2.33. The Morgan fingerprint density at radius 1 is 1.12 bits per heavy atom. The fraction of sp³-hybridized carbons (Fsp3) is 0.0588. The number of phenolic OH excluding ortho intramolecular Hbond substituents is 1. The van der Waals surface area contributed by atoms with Crippen LogP contribution < -0.4 is 10.2 Å². The van der Waals surface area contributed by atoms with E-state index < -0.39 is 11.8 Å². The topological polar surface area (TPSA) is 69.6 Å². The van der Waals surface area contributed by atoms with Gasteiger partial charge in [0.15, 0.2) is 0 Å². The molecular formula is C17H12ClIN2O3. The van der Waals surface area contributed by atoms with Crippen molar-refractivity contribution in [1.82, 2.24) is 0 Å². The van der Waals surface area contributed by atoms with Crippen LogP contribution in [0.3, 0.4) is 0 Å². The van der Waals surface area contributed by atoms with E-state index in [1.165, 1.54) is 6.07 Å². The molecule has 2 aromatic rings. The highest BCUT2D eigenvalue weighted by molar-refractivity contribution is 14.1. The summed E-state index contributed by atoms with van der Waals surface area (Å²) in [5, 5.41) is 12.4. The van der Waals surface area contributed by atoms with E-state index in [2.05, 4.69) is 27.9 Å². The number of carbonyl (C=O) groups is 2. The highest BCUT2D eigenvalue weighted by Gasteiger charge is 2.39. The number of rotatable bonds is 3. The van der Waals surface area contributed by atoms with Gasteiger partial charge in [0, 0.05) is 3.57 Å². The maximum atomic E-state index is 12.7. The van der Waals surface area contributed by atoms with Gasteiger partial charge >= 0.3 is 0 Å². The summed E-state index contributed by atoms with van der Waals surface area (Å²) >= 11 is 8.23. The number of phenols is 1. The normalized spacial score (nSPS) is 14.5. The number of anilines is 2. The van der Waals surface area contributed by atoms with Crippen LogP contribution in [-0.4, -0.2) is 16.9 Å². The molecule has 0 radical (unpaired) electrons. The van der Waals surface area contributed by atoms with Gasteiger partial charge in [-0.1, -0.05) is 23.7 Å². The molecule has 1 heterocycles. The molecule has 1 aliphatic heterocycles. The first-order valence-corrected chi connectivity index (χ1v) is 8.45. The number of carbonyl (C=O) groups excluding carboxylic acids is 2. The molecule has 1 aliphatic rings. The molecular weight excluding hydrogens is 443 g/mol. The van der Waals surface area contributed by atoms with Crippen molar-refractivity contribution in [2.24, 2.45) is 0 Å². The molecule has 0 bridgehead atoms. The van der Waals surface area contributed by atoms with Gasteiger partial charge in [-0.2, -0.15) is 0 Å². The first kappa shape index (κ1) is 16.8. The lowest BCUT2D eigenvalue weighted by Gasteiger charge is -2.17. The van der Waals surface area contributed by atoms with Crippen molar-refractivity contribution < 1.29 is 14.7 Å². The van der Waals surface area contributed by atoms with Crippen LogP contribution in [0.5, 0.6) is 5.75 Å². The smallest absolute Gasteiger partial charge is 0.283 e. The fourth-order valence-electron chi connectivity index (χ4n) is 2.41. The lowest BCUT2D eigenvalue weighted by atomic mass is 10.2. The molecule has 0 fully saturated rings. The Labute approximate surface area is 157 Å². The van der Waals surface area contributed by atoms with Crippen LogP contribution in [0.4, 0.5) is 11.4 Å². The quantitative estimate of drug-likeness (QED) is 0.421. The third-order valence-electron chi connectivity index (χ3n) is 3.59. The van der Waals surface area contributed by atoms with Crippen molar-refractivity contribution in [1.29, 1.82) is 0 Å². The third-order valence-corrected chi connectivity index (χ3v) is 4.61. The SMILES string of the molecule is Cc1cc(I)ccc1N1C(=O)C(Cl)=C(Nc2ccccc2O)C1=O. The molecule has 0 saturated heterocycles. The van der Waals surface area contributed by atoms with Gasteiger partial charge in [0.25, 0.3) is 11.8 Å². The van der Waals surface area contributed by atoms with Gasteiger partial charge in [-0.3, -0.25) is 9.59 Å². The molecule has 0 spiro atoms. The summed E-state index contributed by atoms with van der Waals surface area (Å²) in [5.41, 5.74) is 1.52. The van der Waals surface area contributed by atoms with Gasteiger partial charge in [0.05, 0.1) is 11.4 Å². The second-order valence-electron chi connectivity index (χ2n) is 5.21. The van der Waals surface area contributed by atoms with Crippen molar-refractivity contribution in [3.8, 4) is 5.75 Å². The molecule has 122 valence electrons. The molecule has 0 unspecified atom stereocenters. The van der Waals surface area contributed by atoms with Crippen molar-refractivity contribution in [2.45, 2.75) is 6.92 Å². The first-order valence-electron chi connectivity index (χ1n) is 7.00. The Morgan fingerprint density at radius 2 is 1.83 bits per heavy atom. The number of imide groups is 1. The van der Waals surface area contributed by atoms with Gasteiger partial charge in [-0.15, -0.1) is 0 Å². The minimum Gasteiger partial charge on any atom is -0.506 e. The Balaban J connectivity index is 1.97. The number of amides is 2. The Morgan fingerprint density at radius 3 is 2.50 bits per heavy atom. The van der Waals surface area contributed by atoms with Crippen LogP contribution in [0.25, 0.3) is 0 Å². The minimum absolute atomic E-state index is 0.0430. The molecule has 0 saturated carbocycles. The van der Waals surface area contributed by atoms with Crippen molar-refractivity contribution in [3.63, 3.8) is 0 Å². The zero-order valence-corrected chi connectivity index (χ0v) is 15.4. The minimum atomic E-state index is -0.594. The van der Waals surface area contributed by atoms with Gasteiger partial charge in [-0.25, -0.2) is 4.90 Å². The molecule has 0 atom stereocenters. The number of halogens is 2. The van der Waals surface area contributed by atoms with E-state index in [-0.39, 0.29) is 16.5 Å². The fourth-order valence-corrected chi connectivity index (χ4v) is 3.27. The summed E-state index contributed by atoms with van der Waals surface area (Å²) in [6, 6.07) is 11.8. The summed E-state index contributed by atoms with van der Waals surface area (Å²) in [6.45, 7) is 1.82. The van der Waals surface area contributed by atoms with Gasteiger partial charge in [0.2, 0.25) is 0 Å². The van der Waals surface area contributed by atoms with E-state index in [1.807, 2.05) is 19.1 Å². The maximum absolute atomic E-state index is 12.7. The molecule has 24 heavy (non-hydrogen) atoms. The zero-order chi connectivity index (χ0) is 17.4. The third kappa shape index (κ3) is 2.87. The predicted molar refractivity (Wildman–Crippen MR) is 101 cm³/mol. The van der Waals surface area contributed by atoms with Crippen LogP contribution >= 0.6 is 34.2 Å². The van der Waals surface area contributed by atoms with E-state index in [4.69, 9.17) is 11.6 Å². The largest absolute Gasteiger partial charge is 0.506 e. The lowest BCUT2D eigenvalue weighted by molar-refractivity contribution is -0.120. The van der Waals surface area contributed by atoms with Crippen molar-refractivity contribution in [3.05, 3.63) is 62.3 Å². The van der Waals surface area contributed by atoms with Crippen LogP contribution in [0.1, 0.15) is 5.56 Å². The van der Waals surface area contributed by atoms with Gasteiger partial charge in [0.1, 0.15) is 16.5 Å². The zero-order valence-electron chi connectivity index (χ0n) is 12.5. The molecule has 2 amide bonds. The van der Waals surface area contributed by atoms with Crippen molar-refractivity contribution in [2.75, 3.05) is 10.2 Å². The van der Waals surface area contributed by atoms with Crippen LogP contribution in [-0.2, 0) is 9.59 Å². The van der Waals surface area contributed by atoms with Gasteiger partial charge in [-0.05, 0) is 65.4 Å². The molecule has 2 N–H and O–H groups in total. The van der Waals surface area contributed by atoms with Gasteiger partial charge < -0.3 is 10.4 Å². The molecule has 2 aromatic carbocycles. The molecule has 7 heteroatoms. The average molecular weight is 455 g/mol. The number of hydrogen-bond donors (Lipinski definition) is 2. The van der Waals surface area contributed by atoms with E-state index in [9.17, 15) is 14.7 Å². The van der Waals surface area contributed by atoms with Crippen molar-refractivity contribution >= 4 is 57.4 Å². The molecule has 5 nitrogen and oxygen atoms in total. The Hall–Kier alpha value is -2.06. The van der Waals surface area contributed by atoms with Crippen LogP contribution in [0.15, 0.2) is 53.2 Å². The number of aryl methyl sites for hydroxylation is 1. The van der Waals surface area contributed by atoms with E-state index in [0.717, 1.165) is 14.0 Å². The summed E-state index contributed by atoms with van der Waals surface area (Å²) in [5.74, 6) is -1.19. The maximum Gasteiger partial charge on any atom is 0.283 e. The second kappa shape index (κ2) is 6.45. The van der Waals surface area contributed by atoms with Crippen LogP contribution in [0, 0.1) is 10.5 Å². The summed E-state index contributed by atoms with van der Waals surface area (Å²) in [6.07, 6.45) is 0. The van der Waals surface area contributed by atoms with E-state index >= 15 is 0 Å². The second-order valence-corrected chi connectivity index (χ2v) is 6.83. The summed E-state index contributed by atoms with van der Waals surface area (Å²) in [7, 11) is 0. The number of para-hydroxylation sites is 2. The Kier molecular flexibility index (Phi) is 4.51. The molecule has 0 aromatic heterocycles. The average Bonchev–Trinajstić information content (AvgIpc) is 2.74. The van der Waals surface area contributed by atoms with E-state index in [0.29, 0.717) is 11.4 Å². The summed E-state index contributed by atoms with van der Waals surface area (Å²) in [4.78, 5) is 26.2. The predicted octanol–water partition coefficient (Wildman–Crippen LogP) is 3.74. The highest BCUT2D eigenvalue weighted by atomic mass is 127. The standard InChI is InChI=1S/C17H12ClIN2O3/c1-9-8-10(19)6-7-12(9)21-16(23)14(18)15(17(21)24)20-11-4-2-3-5-13(11)22/h2-8,20,22H,1H3. The van der Waals surface area contributed by atoms with E-state index in [1.54, 1.807) is 24.3 Å². The van der Waals surface area contributed by atoms with Crippen LogP contribution in [0.2, 0.25) is 0 Å². The first-order chi connectivity index (χ1) is 11.4. The Bertz CT molecular complexity index is 895. The summed E-state index contributed by atoms with van der Waals surface area (Å²) < 4.78 is 1.000. The number of aromatic hydroxyl groups is 1. The number of nitrogens with zero attached hydrogens (tertiary/aromatic N) is 1. The number of benzene rings is 2. The number of hydrogen-bond acceptors (Lipinski definition) is 4. The molecule has 0 aliphatic carbocycles. The lowest BCUT2D eigenvalue weighted by Crippen LogP contribution is -2.32. The monoisotopic (exact) mass is 454 g/mol.